The normalized spacial score (nSPS) is 16.6. The van der Waals surface area contributed by atoms with Crippen LogP contribution in [-0.4, -0.2) is 46.1 Å². The summed E-state index contributed by atoms with van der Waals surface area (Å²) in [6.07, 6.45) is 0. The van der Waals surface area contributed by atoms with E-state index < -0.39 is 23.6 Å². The Kier molecular flexibility index (Phi) is 6.00. The molecule has 4 rings (SSSR count). The standard InChI is InChI=1S/C23H23F2N5O2/c1-14-21(15(2)30(28-14)17-6-4-3-5-7-17)22-23(32)26-10-11-29(22)13-20(31)27-19-9-8-16(24)12-18(19)25/h3-9,12,22H,10-11,13H2,1-2H3,(H,26,32)(H,27,31)/t22-/m0/s1. The van der Waals surface area contributed by atoms with Crippen molar-refractivity contribution in [2.45, 2.75) is 19.9 Å². The quantitative estimate of drug-likeness (QED) is 0.641. The second kappa shape index (κ2) is 8.88. The number of carbonyl (C=O) groups is 2. The van der Waals surface area contributed by atoms with Crippen LogP contribution >= 0.6 is 0 Å². The number of nitrogens with zero attached hydrogens (tertiary/aromatic N) is 3. The van der Waals surface area contributed by atoms with Gasteiger partial charge in [-0.05, 0) is 38.1 Å². The summed E-state index contributed by atoms with van der Waals surface area (Å²) < 4.78 is 28.8. The minimum Gasteiger partial charge on any atom is -0.353 e. The molecule has 1 saturated heterocycles. The van der Waals surface area contributed by atoms with E-state index in [1.165, 1.54) is 6.07 Å². The predicted molar refractivity (Wildman–Crippen MR) is 115 cm³/mol. The molecule has 0 unspecified atom stereocenters. The Morgan fingerprint density at radius 3 is 2.66 bits per heavy atom. The Bertz CT molecular complexity index is 1160. The highest BCUT2D eigenvalue weighted by Crippen LogP contribution is 2.30. The lowest BCUT2D eigenvalue weighted by molar-refractivity contribution is -0.130. The molecule has 2 N–H and O–H groups in total. The first-order chi connectivity index (χ1) is 15.3. The number of piperazine rings is 1. The smallest absolute Gasteiger partial charge is 0.242 e. The summed E-state index contributed by atoms with van der Waals surface area (Å²) in [5.74, 6) is -2.31. The molecule has 0 radical (unpaired) electrons. The average Bonchev–Trinajstić information content (AvgIpc) is 3.05. The minimum atomic E-state index is -0.859. The number of rotatable bonds is 5. The van der Waals surface area contributed by atoms with Gasteiger partial charge in [0.15, 0.2) is 0 Å². The van der Waals surface area contributed by atoms with Crippen molar-refractivity contribution in [2.75, 3.05) is 25.0 Å². The molecule has 0 bridgehead atoms. The second-order valence-corrected chi connectivity index (χ2v) is 7.67. The van der Waals surface area contributed by atoms with Crippen molar-refractivity contribution in [3.05, 3.63) is 77.1 Å². The molecular formula is C23H23F2N5O2. The minimum absolute atomic E-state index is 0.112. The Morgan fingerprint density at radius 1 is 1.19 bits per heavy atom. The molecule has 166 valence electrons. The van der Waals surface area contributed by atoms with Crippen molar-refractivity contribution in [3.8, 4) is 5.69 Å². The summed E-state index contributed by atoms with van der Waals surface area (Å²) in [6, 6.07) is 11.8. The van der Waals surface area contributed by atoms with Gasteiger partial charge in [-0.15, -0.1) is 0 Å². The molecule has 7 nitrogen and oxygen atoms in total. The van der Waals surface area contributed by atoms with E-state index in [1.807, 2.05) is 44.2 Å². The molecule has 3 aromatic rings. The fraction of sp³-hybridized carbons (Fsp3) is 0.261. The van der Waals surface area contributed by atoms with Gasteiger partial charge in [-0.2, -0.15) is 5.10 Å². The number of halogens is 2. The Labute approximate surface area is 184 Å². The Morgan fingerprint density at radius 2 is 1.94 bits per heavy atom. The molecule has 2 heterocycles. The molecule has 1 aliphatic rings. The van der Waals surface area contributed by atoms with E-state index in [4.69, 9.17) is 0 Å². The van der Waals surface area contributed by atoms with Gasteiger partial charge in [0.25, 0.3) is 0 Å². The van der Waals surface area contributed by atoms with Crippen LogP contribution < -0.4 is 10.6 Å². The van der Waals surface area contributed by atoms with Gasteiger partial charge in [-0.25, -0.2) is 13.5 Å². The van der Waals surface area contributed by atoms with Crippen LogP contribution in [0.1, 0.15) is 23.0 Å². The third-order valence-corrected chi connectivity index (χ3v) is 5.49. The van der Waals surface area contributed by atoms with E-state index in [0.717, 1.165) is 23.0 Å². The summed E-state index contributed by atoms with van der Waals surface area (Å²) in [5, 5.41) is 9.92. The van der Waals surface area contributed by atoms with Gasteiger partial charge in [0, 0.05) is 30.4 Å². The first-order valence-electron chi connectivity index (χ1n) is 10.2. The molecule has 2 amide bonds. The first kappa shape index (κ1) is 21.6. The number of hydrogen-bond donors (Lipinski definition) is 2. The van der Waals surface area contributed by atoms with Gasteiger partial charge >= 0.3 is 0 Å². The van der Waals surface area contributed by atoms with E-state index in [9.17, 15) is 18.4 Å². The number of aromatic nitrogens is 2. The highest BCUT2D eigenvalue weighted by molar-refractivity contribution is 5.93. The molecule has 0 spiro atoms. The number of para-hydroxylation sites is 1. The van der Waals surface area contributed by atoms with Crippen molar-refractivity contribution in [1.29, 1.82) is 0 Å². The SMILES string of the molecule is Cc1nn(-c2ccccc2)c(C)c1[C@H]1C(=O)NCCN1CC(=O)Nc1ccc(F)cc1F. The lowest BCUT2D eigenvalue weighted by Crippen LogP contribution is -2.52. The van der Waals surface area contributed by atoms with Crippen molar-refractivity contribution in [2.24, 2.45) is 0 Å². The summed E-state index contributed by atoms with van der Waals surface area (Å²) in [5.41, 5.74) is 2.96. The molecule has 2 aromatic carbocycles. The number of nitrogens with one attached hydrogen (secondary N) is 2. The average molecular weight is 439 g/mol. The van der Waals surface area contributed by atoms with Crippen LogP contribution in [0.4, 0.5) is 14.5 Å². The van der Waals surface area contributed by atoms with E-state index in [2.05, 4.69) is 15.7 Å². The highest BCUT2D eigenvalue weighted by atomic mass is 19.1. The van der Waals surface area contributed by atoms with E-state index >= 15 is 0 Å². The van der Waals surface area contributed by atoms with Crippen LogP contribution in [0.25, 0.3) is 5.69 Å². The Balaban J connectivity index is 1.60. The van der Waals surface area contributed by atoms with Crippen LogP contribution in [-0.2, 0) is 9.59 Å². The van der Waals surface area contributed by atoms with E-state index in [0.29, 0.717) is 24.8 Å². The fourth-order valence-electron chi connectivity index (χ4n) is 4.03. The topological polar surface area (TPSA) is 79.3 Å². The molecule has 9 heteroatoms. The monoisotopic (exact) mass is 439 g/mol. The maximum absolute atomic E-state index is 13.9. The maximum Gasteiger partial charge on any atom is 0.242 e. The lowest BCUT2D eigenvalue weighted by atomic mass is 10.00. The van der Waals surface area contributed by atoms with Crippen LogP contribution in [0.3, 0.4) is 0 Å². The van der Waals surface area contributed by atoms with Crippen molar-refractivity contribution in [3.63, 3.8) is 0 Å². The number of hydrogen-bond acceptors (Lipinski definition) is 4. The number of amides is 2. The summed E-state index contributed by atoms with van der Waals surface area (Å²) >= 11 is 0. The molecule has 1 aromatic heterocycles. The van der Waals surface area contributed by atoms with Crippen molar-refractivity contribution < 1.29 is 18.4 Å². The van der Waals surface area contributed by atoms with Gasteiger partial charge < -0.3 is 10.6 Å². The molecule has 32 heavy (non-hydrogen) atoms. The number of carbonyl (C=O) groups excluding carboxylic acids is 2. The molecule has 1 fully saturated rings. The third kappa shape index (κ3) is 4.24. The van der Waals surface area contributed by atoms with Gasteiger partial charge in [-0.3, -0.25) is 14.5 Å². The molecule has 1 atom stereocenters. The van der Waals surface area contributed by atoms with Crippen LogP contribution in [0, 0.1) is 25.5 Å². The van der Waals surface area contributed by atoms with Crippen LogP contribution in [0.5, 0.6) is 0 Å². The van der Waals surface area contributed by atoms with Crippen LogP contribution in [0.2, 0.25) is 0 Å². The Hall–Kier alpha value is -3.59. The highest BCUT2D eigenvalue weighted by Gasteiger charge is 2.36. The van der Waals surface area contributed by atoms with Crippen LogP contribution in [0.15, 0.2) is 48.5 Å². The maximum atomic E-state index is 13.9. The predicted octanol–water partition coefficient (Wildman–Crippen LogP) is 2.88. The summed E-state index contributed by atoms with van der Waals surface area (Å²) in [7, 11) is 0. The van der Waals surface area contributed by atoms with Gasteiger partial charge in [0.1, 0.15) is 17.7 Å². The van der Waals surface area contributed by atoms with Gasteiger partial charge in [-0.1, -0.05) is 18.2 Å². The molecular weight excluding hydrogens is 416 g/mol. The van der Waals surface area contributed by atoms with E-state index in [1.54, 1.807) is 9.58 Å². The fourth-order valence-corrected chi connectivity index (χ4v) is 4.03. The molecule has 0 aliphatic carbocycles. The first-order valence-corrected chi connectivity index (χ1v) is 10.2. The second-order valence-electron chi connectivity index (χ2n) is 7.67. The number of benzene rings is 2. The van der Waals surface area contributed by atoms with Gasteiger partial charge in [0.2, 0.25) is 11.8 Å². The van der Waals surface area contributed by atoms with Gasteiger partial charge in [0.05, 0.1) is 23.6 Å². The lowest BCUT2D eigenvalue weighted by Gasteiger charge is -2.34. The molecule has 1 aliphatic heterocycles. The van der Waals surface area contributed by atoms with E-state index in [-0.39, 0.29) is 18.1 Å². The zero-order chi connectivity index (χ0) is 22.8. The summed E-state index contributed by atoms with van der Waals surface area (Å²) in [4.78, 5) is 27.2. The zero-order valence-corrected chi connectivity index (χ0v) is 17.7. The number of aryl methyl sites for hydroxylation is 1. The largest absolute Gasteiger partial charge is 0.353 e. The number of anilines is 1. The summed E-state index contributed by atoms with van der Waals surface area (Å²) in [6.45, 7) is 4.40. The zero-order valence-electron chi connectivity index (χ0n) is 17.7. The molecule has 0 saturated carbocycles. The van der Waals surface area contributed by atoms with Crippen molar-refractivity contribution >= 4 is 17.5 Å². The van der Waals surface area contributed by atoms with Crippen molar-refractivity contribution in [1.82, 2.24) is 20.0 Å². The third-order valence-electron chi connectivity index (χ3n) is 5.49.